The highest BCUT2D eigenvalue weighted by molar-refractivity contribution is 5.90. The number of halogens is 3. The summed E-state index contributed by atoms with van der Waals surface area (Å²) in [6, 6.07) is 13.6. The average molecular weight is 458 g/mol. The maximum absolute atomic E-state index is 12.9. The highest BCUT2D eigenvalue weighted by Crippen LogP contribution is 2.31. The molecule has 0 amide bonds. The lowest BCUT2D eigenvalue weighted by molar-refractivity contribution is -0.137. The molecule has 0 aliphatic heterocycles. The van der Waals surface area contributed by atoms with Gasteiger partial charge in [0.2, 0.25) is 11.5 Å². The molecule has 33 heavy (non-hydrogen) atoms. The number of para-hydroxylation sites is 1. The van der Waals surface area contributed by atoms with Crippen molar-refractivity contribution in [2.24, 2.45) is 0 Å². The normalized spacial score (nSPS) is 11.4. The van der Waals surface area contributed by atoms with Crippen molar-refractivity contribution in [1.82, 2.24) is 19.9 Å². The zero-order valence-corrected chi connectivity index (χ0v) is 17.2. The van der Waals surface area contributed by atoms with Gasteiger partial charge in [-0.25, -0.2) is 9.48 Å². The Labute approximate surface area is 185 Å². The molecule has 2 heterocycles. The Morgan fingerprint density at radius 1 is 1.12 bits per heavy atom. The first kappa shape index (κ1) is 22.1. The number of aromatic nitrogens is 4. The van der Waals surface area contributed by atoms with Gasteiger partial charge >= 0.3 is 12.1 Å². The minimum Gasteiger partial charge on any atom is -0.479 e. The van der Waals surface area contributed by atoms with E-state index in [1.54, 1.807) is 19.1 Å². The first-order valence-electron chi connectivity index (χ1n) is 9.80. The van der Waals surface area contributed by atoms with Crippen LogP contribution < -0.4 is 4.74 Å². The van der Waals surface area contributed by atoms with E-state index >= 15 is 0 Å². The van der Waals surface area contributed by atoms with Crippen LogP contribution in [0, 0.1) is 0 Å². The van der Waals surface area contributed by atoms with Gasteiger partial charge in [-0.2, -0.15) is 23.3 Å². The Balaban J connectivity index is 1.54. The molecule has 170 valence electrons. The number of alkyl halides is 3. The number of ether oxygens (including phenoxy) is 2. The molecular formula is C22H17F3N4O4. The van der Waals surface area contributed by atoms with Crippen LogP contribution in [0.3, 0.4) is 0 Å². The second-order valence-corrected chi connectivity index (χ2v) is 6.72. The molecule has 0 spiro atoms. The molecule has 4 rings (SSSR count). The summed E-state index contributed by atoms with van der Waals surface area (Å²) in [5.41, 5.74) is -0.0280. The lowest BCUT2D eigenvalue weighted by Crippen LogP contribution is -2.08. The van der Waals surface area contributed by atoms with Crippen molar-refractivity contribution in [3.8, 4) is 22.8 Å². The predicted molar refractivity (Wildman–Crippen MR) is 109 cm³/mol. The van der Waals surface area contributed by atoms with E-state index in [1.165, 1.54) is 23.0 Å². The van der Waals surface area contributed by atoms with Gasteiger partial charge in [0.1, 0.15) is 0 Å². The van der Waals surface area contributed by atoms with E-state index < -0.39 is 17.7 Å². The minimum absolute atomic E-state index is 0.00433. The predicted octanol–water partition coefficient (Wildman–Crippen LogP) is 4.70. The van der Waals surface area contributed by atoms with Gasteiger partial charge in [0.05, 0.1) is 24.1 Å². The van der Waals surface area contributed by atoms with Crippen LogP contribution in [-0.4, -0.2) is 32.5 Å². The molecule has 0 fully saturated rings. The van der Waals surface area contributed by atoms with Gasteiger partial charge in [0.25, 0.3) is 5.89 Å². The quantitative estimate of drug-likeness (QED) is 0.371. The van der Waals surface area contributed by atoms with E-state index in [-0.39, 0.29) is 41.9 Å². The Morgan fingerprint density at radius 3 is 2.64 bits per heavy atom. The molecular weight excluding hydrogens is 441 g/mol. The number of carbonyl (C=O) groups excluding carboxylic acids is 1. The SMILES string of the molecule is CCOC(=O)c1nn(-c2ccccc2)cc1OCc1nc(-c2cccc(C(F)(F)F)c2)no1. The molecule has 0 radical (unpaired) electrons. The number of nitrogens with zero attached hydrogens (tertiary/aromatic N) is 4. The molecule has 11 heteroatoms. The topological polar surface area (TPSA) is 92.3 Å². The van der Waals surface area contributed by atoms with Gasteiger partial charge in [-0.3, -0.25) is 0 Å². The van der Waals surface area contributed by atoms with Gasteiger partial charge < -0.3 is 14.0 Å². The Morgan fingerprint density at radius 2 is 1.91 bits per heavy atom. The smallest absolute Gasteiger partial charge is 0.416 e. The molecule has 0 aliphatic rings. The number of rotatable bonds is 7. The molecule has 0 N–H and O–H groups in total. The fraction of sp³-hybridized carbons (Fsp3) is 0.182. The highest BCUT2D eigenvalue weighted by atomic mass is 19.4. The van der Waals surface area contributed by atoms with E-state index in [4.69, 9.17) is 14.0 Å². The molecule has 0 saturated heterocycles. The lowest BCUT2D eigenvalue weighted by Gasteiger charge is -2.06. The maximum Gasteiger partial charge on any atom is 0.416 e. The summed E-state index contributed by atoms with van der Waals surface area (Å²) in [5, 5.41) is 7.96. The van der Waals surface area contributed by atoms with Crippen LogP contribution in [0.4, 0.5) is 13.2 Å². The molecule has 4 aromatic rings. The van der Waals surface area contributed by atoms with Gasteiger partial charge in [-0.1, -0.05) is 35.5 Å². The van der Waals surface area contributed by atoms with Crippen LogP contribution in [-0.2, 0) is 17.5 Å². The fourth-order valence-electron chi connectivity index (χ4n) is 2.92. The second kappa shape index (κ2) is 9.15. The fourth-order valence-corrected chi connectivity index (χ4v) is 2.92. The van der Waals surface area contributed by atoms with E-state index in [0.717, 1.165) is 12.1 Å². The maximum atomic E-state index is 12.9. The summed E-state index contributed by atoms with van der Waals surface area (Å²) in [6.07, 6.45) is -2.99. The van der Waals surface area contributed by atoms with Crippen LogP contribution in [0.2, 0.25) is 0 Å². The van der Waals surface area contributed by atoms with Crippen LogP contribution in [0.5, 0.6) is 5.75 Å². The van der Waals surface area contributed by atoms with Crippen LogP contribution in [0.15, 0.2) is 65.3 Å². The first-order chi connectivity index (χ1) is 15.8. The summed E-state index contributed by atoms with van der Waals surface area (Å²) in [5.74, 6) is -0.566. The minimum atomic E-state index is -4.49. The van der Waals surface area contributed by atoms with E-state index in [1.807, 2.05) is 18.2 Å². The molecule has 0 unspecified atom stereocenters. The number of hydrogen-bond acceptors (Lipinski definition) is 7. The first-order valence-corrected chi connectivity index (χ1v) is 9.80. The molecule has 2 aromatic heterocycles. The van der Waals surface area contributed by atoms with Gasteiger partial charge in [-0.05, 0) is 31.2 Å². The van der Waals surface area contributed by atoms with Crippen LogP contribution in [0.25, 0.3) is 17.1 Å². The third kappa shape index (κ3) is 5.03. The van der Waals surface area contributed by atoms with E-state index in [2.05, 4.69) is 15.2 Å². The number of carbonyl (C=O) groups is 1. The Kier molecular flexibility index (Phi) is 6.11. The second-order valence-electron chi connectivity index (χ2n) is 6.72. The molecule has 0 aliphatic carbocycles. The summed E-state index contributed by atoms with van der Waals surface area (Å²) in [6.45, 7) is 1.58. The number of benzene rings is 2. The van der Waals surface area contributed by atoms with Gasteiger partial charge in [0.15, 0.2) is 12.4 Å². The summed E-state index contributed by atoms with van der Waals surface area (Å²) in [7, 11) is 0. The summed E-state index contributed by atoms with van der Waals surface area (Å²) >= 11 is 0. The molecule has 0 atom stereocenters. The zero-order chi connectivity index (χ0) is 23.4. The van der Waals surface area contributed by atoms with Crippen molar-refractivity contribution >= 4 is 5.97 Å². The third-order valence-electron chi connectivity index (χ3n) is 4.44. The van der Waals surface area contributed by atoms with E-state index in [9.17, 15) is 18.0 Å². The van der Waals surface area contributed by atoms with Gasteiger partial charge in [-0.15, -0.1) is 0 Å². The Hall–Kier alpha value is -4.15. The summed E-state index contributed by atoms with van der Waals surface area (Å²) in [4.78, 5) is 16.4. The molecule has 8 nitrogen and oxygen atoms in total. The van der Waals surface area contributed by atoms with E-state index in [0.29, 0.717) is 5.69 Å². The molecule has 2 aromatic carbocycles. The zero-order valence-electron chi connectivity index (χ0n) is 17.2. The molecule has 0 saturated carbocycles. The standard InChI is InChI=1S/C22H17F3N4O4/c1-2-31-21(30)19-17(12-29(27-19)16-9-4-3-5-10-16)32-13-18-26-20(28-33-18)14-7-6-8-15(11-14)22(23,24)25/h3-12H,2,13H2,1H3. The van der Waals surface area contributed by atoms with Crippen molar-refractivity contribution in [3.63, 3.8) is 0 Å². The van der Waals surface area contributed by atoms with Crippen molar-refractivity contribution in [1.29, 1.82) is 0 Å². The van der Waals surface area contributed by atoms with Crippen LogP contribution in [0.1, 0.15) is 28.9 Å². The monoisotopic (exact) mass is 458 g/mol. The van der Waals surface area contributed by atoms with Crippen LogP contribution >= 0.6 is 0 Å². The van der Waals surface area contributed by atoms with Crippen molar-refractivity contribution in [2.45, 2.75) is 19.7 Å². The Bertz CT molecular complexity index is 1250. The highest BCUT2D eigenvalue weighted by Gasteiger charge is 2.31. The largest absolute Gasteiger partial charge is 0.479 e. The summed E-state index contributed by atoms with van der Waals surface area (Å²) < 4.78 is 56.1. The van der Waals surface area contributed by atoms with Crippen molar-refractivity contribution in [2.75, 3.05) is 6.61 Å². The van der Waals surface area contributed by atoms with Crippen molar-refractivity contribution in [3.05, 3.63) is 77.9 Å². The number of hydrogen-bond donors (Lipinski definition) is 0. The van der Waals surface area contributed by atoms with Crippen molar-refractivity contribution < 1.29 is 32.0 Å². The average Bonchev–Trinajstić information content (AvgIpc) is 3.45. The third-order valence-corrected chi connectivity index (χ3v) is 4.44. The molecule has 0 bridgehead atoms. The lowest BCUT2D eigenvalue weighted by atomic mass is 10.1. The number of esters is 1. The van der Waals surface area contributed by atoms with Gasteiger partial charge in [0, 0.05) is 5.56 Å².